The van der Waals surface area contributed by atoms with Gasteiger partial charge in [-0.05, 0) is 51.1 Å². The van der Waals surface area contributed by atoms with Crippen LogP contribution in [-0.2, 0) is 25.8 Å². The number of nitrogens with one attached hydrogen (secondary N) is 1. The summed E-state index contributed by atoms with van der Waals surface area (Å²) in [6.07, 6.45) is -0.0225. The number of carbonyl (C=O) groups excluding carboxylic acids is 3. The Morgan fingerprint density at radius 3 is 2.53 bits per heavy atom. The zero-order chi connectivity index (χ0) is 24.8. The molecular formula is C25H28N4O4S. The Hall–Kier alpha value is -3.33. The number of fused-ring (bicyclic) bond motifs is 2. The van der Waals surface area contributed by atoms with E-state index in [1.54, 1.807) is 4.90 Å². The number of hydrogen-bond donors (Lipinski definition) is 1. The van der Waals surface area contributed by atoms with E-state index in [0.29, 0.717) is 11.3 Å². The highest BCUT2D eigenvalue weighted by atomic mass is 32.2. The maximum Gasteiger partial charge on any atom is 0.271 e. The van der Waals surface area contributed by atoms with Gasteiger partial charge in [0.2, 0.25) is 16.7 Å². The molecule has 0 fully saturated rings. The smallest absolute Gasteiger partial charge is 0.271 e. The van der Waals surface area contributed by atoms with E-state index in [-0.39, 0.29) is 29.6 Å². The second-order valence-electron chi connectivity index (χ2n) is 8.81. The molecule has 2 heterocycles. The highest BCUT2D eigenvalue weighted by Gasteiger charge is 2.61. The number of thioether (sulfide) groups is 1. The van der Waals surface area contributed by atoms with Crippen LogP contribution in [0.1, 0.15) is 49.9 Å². The van der Waals surface area contributed by atoms with E-state index in [9.17, 15) is 14.4 Å². The van der Waals surface area contributed by atoms with Crippen molar-refractivity contribution in [1.29, 1.82) is 0 Å². The van der Waals surface area contributed by atoms with Gasteiger partial charge in [-0.15, -0.1) is 5.10 Å². The van der Waals surface area contributed by atoms with Crippen LogP contribution < -0.4 is 15.0 Å². The van der Waals surface area contributed by atoms with Gasteiger partial charge < -0.3 is 15.0 Å². The van der Waals surface area contributed by atoms with Gasteiger partial charge in [0.25, 0.3) is 5.91 Å². The van der Waals surface area contributed by atoms with Crippen LogP contribution in [-0.4, -0.2) is 34.0 Å². The second kappa shape index (κ2) is 8.79. The van der Waals surface area contributed by atoms with Gasteiger partial charge in [0, 0.05) is 25.0 Å². The fourth-order valence-electron chi connectivity index (χ4n) is 4.46. The van der Waals surface area contributed by atoms with Crippen LogP contribution >= 0.6 is 11.8 Å². The number of hydrogen-bond acceptors (Lipinski definition) is 6. The number of anilines is 1. The third-order valence-electron chi connectivity index (χ3n) is 5.59. The number of aryl methyl sites for hydroxylation is 2. The number of amidine groups is 1. The van der Waals surface area contributed by atoms with E-state index in [4.69, 9.17) is 4.74 Å². The number of carbonyl (C=O) groups is 3. The third kappa shape index (κ3) is 3.94. The van der Waals surface area contributed by atoms with Crippen molar-refractivity contribution >= 4 is 40.3 Å². The molecule has 2 aliphatic heterocycles. The summed E-state index contributed by atoms with van der Waals surface area (Å²) >= 11 is 1.08. The number of nitrogens with zero attached hydrogens (tertiary/aromatic N) is 3. The van der Waals surface area contributed by atoms with Crippen molar-refractivity contribution in [2.45, 2.75) is 59.1 Å². The van der Waals surface area contributed by atoms with E-state index >= 15 is 0 Å². The summed E-state index contributed by atoms with van der Waals surface area (Å²) < 4.78 is 5.99. The van der Waals surface area contributed by atoms with Gasteiger partial charge in [-0.25, -0.2) is 0 Å². The van der Waals surface area contributed by atoms with Crippen LogP contribution in [0.2, 0.25) is 0 Å². The summed E-state index contributed by atoms with van der Waals surface area (Å²) in [7, 11) is 0. The average molecular weight is 481 g/mol. The molecule has 2 aromatic rings. The molecule has 8 nitrogen and oxygen atoms in total. The summed E-state index contributed by atoms with van der Waals surface area (Å²) in [4.78, 5) is 38.9. The van der Waals surface area contributed by atoms with Gasteiger partial charge in [0.1, 0.15) is 5.75 Å². The SMILES string of the molecule is CC(=O)NC1=NN(C(C)=O)[C@@]2(S1)C(=O)N(Cc1ccccc1OC(C)C)c1c(C)cc(C)cc12. The molecule has 2 aliphatic rings. The first-order chi connectivity index (χ1) is 16.0. The van der Waals surface area contributed by atoms with E-state index in [2.05, 4.69) is 10.4 Å². The maximum absolute atomic E-state index is 14.2. The lowest BCUT2D eigenvalue weighted by Crippen LogP contribution is -2.48. The lowest BCUT2D eigenvalue weighted by atomic mass is 10.0. The summed E-state index contributed by atoms with van der Waals surface area (Å²) in [6, 6.07) is 11.6. The minimum absolute atomic E-state index is 0.0225. The Kier molecular flexibility index (Phi) is 6.16. The van der Waals surface area contributed by atoms with Gasteiger partial charge in [-0.2, -0.15) is 5.01 Å². The standard InChI is InChI=1S/C25H28N4O4S/c1-14(2)33-21-10-8-7-9-19(21)13-28-22-16(4)11-15(3)12-20(22)25(23(28)32)29(18(6)31)27-24(34-25)26-17(5)30/h7-12,14H,13H2,1-6H3,(H,26,27,30)/t25-/m0/s1. The van der Waals surface area contributed by atoms with Gasteiger partial charge in [-0.3, -0.25) is 14.4 Å². The highest BCUT2D eigenvalue weighted by Crippen LogP contribution is 2.56. The van der Waals surface area contributed by atoms with Gasteiger partial charge in [-0.1, -0.05) is 35.9 Å². The molecule has 1 N–H and O–H groups in total. The van der Waals surface area contributed by atoms with Crippen molar-refractivity contribution in [2.24, 2.45) is 5.10 Å². The first-order valence-corrected chi connectivity index (χ1v) is 11.9. The Morgan fingerprint density at radius 1 is 1.18 bits per heavy atom. The summed E-state index contributed by atoms with van der Waals surface area (Å²) in [5.41, 5.74) is 4.16. The summed E-state index contributed by atoms with van der Waals surface area (Å²) in [6.45, 7) is 10.8. The van der Waals surface area contributed by atoms with Crippen molar-refractivity contribution in [2.75, 3.05) is 4.90 Å². The molecule has 4 rings (SSSR count). The van der Waals surface area contributed by atoms with Crippen molar-refractivity contribution in [1.82, 2.24) is 10.3 Å². The summed E-state index contributed by atoms with van der Waals surface area (Å²) in [5.74, 6) is -0.304. The van der Waals surface area contributed by atoms with Crippen LogP contribution in [0.4, 0.5) is 5.69 Å². The van der Waals surface area contributed by atoms with Gasteiger partial charge in [0.05, 0.1) is 18.3 Å². The molecule has 1 atom stereocenters. The molecule has 2 aromatic carbocycles. The van der Waals surface area contributed by atoms with Crippen LogP contribution in [0.15, 0.2) is 41.5 Å². The molecule has 0 unspecified atom stereocenters. The topological polar surface area (TPSA) is 91.3 Å². The first kappa shape index (κ1) is 23.8. The molecule has 3 amide bonds. The number of ether oxygens (including phenoxy) is 1. The molecule has 34 heavy (non-hydrogen) atoms. The van der Waals surface area contributed by atoms with Crippen molar-refractivity contribution in [3.63, 3.8) is 0 Å². The monoisotopic (exact) mass is 480 g/mol. The molecule has 1 spiro atoms. The molecule has 0 aromatic heterocycles. The largest absolute Gasteiger partial charge is 0.491 e. The van der Waals surface area contributed by atoms with Crippen LogP contribution in [0.5, 0.6) is 5.75 Å². The first-order valence-electron chi connectivity index (χ1n) is 11.1. The maximum atomic E-state index is 14.2. The van der Waals surface area contributed by atoms with Crippen LogP contribution in [0, 0.1) is 13.8 Å². The highest BCUT2D eigenvalue weighted by molar-refractivity contribution is 8.15. The minimum atomic E-state index is -1.43. The Morgan fingerprint density at radius 2 is 1.88 bits per heavy atom. The molecule has 0 radical (unpaired) electrons. The van der Waals surface area contributed by atoms with E-state index in [1.165, 1.54) is 18.9 Å². The number of hydrazone groups is 1. The molecule has 0 saturated carbocycles. The molecule has 0 saturated heterocycles. The fourth-order valence-corrected chi connectivity index (χ4v) is 5.78. The zero-order valence-corrected chi connectivity index (χ0v) is 20.9. The number of rotatable bonds is 4. The van der Waals surface area contributed by atoms with Crippen LogP contribution in [0.25, 0.3) is 0 Å². The molecule has 178 valence electrons. The number of benzene rings is 2. The Bertz CT molecular complexity index is 1230. The lowest BCUT2D eigenvalue weighted by molar-refractivity contribution is -0.139. The zero-order valence-electron chi connectivity index (χ0n) is 20.1. The Balaban J connectivity index is 1.85. The Labute approximate surface area is 203 Å². The van der Waals surface area contributed by atoms with Crippen LogP contribution in [0.3, 0.4) is 0 Å². The molecular weight excluding hydrogens is 452 g/mol. The number of amides is 3. The third-order valence-corrected chi connectivity index (χ3v) is 6.83. The fraction of sp³-hybridized carbons (Fsp3) is 0.360. The lowest BCUT2D eigenvalue weighted by Gasteiger charge is -2.29. The van der Waals surface area contributed by atoms with Crippen molar-refractivity contribution in [3.8, 4) is 5.75 Å². The summed E-state index contributed by atoms with van der Waals surface area (Å²) in [5, 5.41) is 8.38. The van der Waals surface area contributed by atoms with E-state index < -0.39 is 10.8 Å². The quantitative estimate of drug-likeness (QED) is 0.719. The average Bonchev–Trinajstić information content (AvgIpc) is 3.21. The van der Waals surface area contributed by atoms with E-state index in [1.807, 2.05) is 64.1 Å². The van der Waals surface area contributed by atoms with Crippen molar-refractivity contribution < 1.29 is 19.1 Å². The minimum Gasteiger partial charge on any atom is -0.491 e. The van der Waals surface area contributed by atoms with Gasteiger partial charge >= 0.3 is 0 Å². The van der Waals surface area contributed by atoms with Crippen molar-refractivity contribution in [3.05, 3.63) is 58.7 Å². The number of para-hydroxylation sites is 1. The predicted molar refractivity (Wildman–Crippen MR) is 132 cm³/mol. The van der Waals surface area contributed by atoms with Gasteiger partial charge in [0.15, 0.2) is 5.17 Å². The predicted octanol–water partition coefficient (Wildman–Crippen LogP) is 3.79. The normalized spacial score (nSPS) is 19.0. The van der Waals surface area contributed by atoms with E-state index in [0.717, 1.165) is 34.1 Å². The molecule has 0 bridgehead atoms. The molecule has 9 heteroatoms. The molecule has 0 aliphatic carbocycles. The second-order valence-corrected chi connectivity index (χ2v) is 9.99.